The Kier molecular flexibility index (Phi) is 1.79. The van der Waals surface area contributed by atoms with Crippen molar-refractivity contribution in [2.24, 2.45) is 0 Å². The largest absolute Gasteiger partial charge is 0.489 e. The highest BCUT2D eigenvalue weighted by Gasteiger charge is 2.31. The van der Waals surface area contributed by atoms with Crippen LogP contribution in [0, 0.1) is 6.92 Å². The third kappa shape index (κ3) is 1.41. The molecule has 2 heterocycles. The van der Waals surface area contributed by atoms with Crippen molar-refractivity contribution in [2.75, 3.05) is 0 Å². The van der Waals surface area contributed by atoms with Crippen LogP contribution >= 0.6 is 0 Å². The van der Waals surface area contributed by atoms with E-state index in [4.69, 9.17) is 4.74 Å². The zero-order valence-electron chi connectivity index (χ0n) is 7.82. The van der Waals surface area contributed by atoms with Crippen LogP contribution < -0.4 is 0 Å². The molecular weight excluding hydrogens is 164 g/mol. The minimum absolute atomic E-state index is 0.305. The van der Waals surface area contributed by atoms with Gasteiger partial charge in [0.2, 0.25) is 0 Å². The maximum absolute atomic E-state index is 5.48. The van der Waals surface area contributed by atoms with E-state index in [0.29, 0.717) is 0 Å². The fourth-order valence-corrected chi connectivity index (χ4v) is 1.35. The van der Waals surface area contributed by atoms with E-state index in [1.54, 1.807) is 18.7 Å². The molecule has 0 fully saturated rings. The number of hydrogen-bond acceptors (Lipinski definition) is 3. The highest BCUT2D eigenvalue weighted by Crippen LogP contribution is 2.31. The average molecular weight is 176 g/mol. The first-order valence-corrected chi connectivity index (χ1v) is 4.33. The van der Waals surface area contributed by atoms with Gasteiger partial charge >= 0.3 is 0 Å². The van der Waals surface area contributed by atoms with Crippen LogP contribution in [0.3, 0.4) is 0 Å². The second kappa shape index (κ2) is 2.83. The molecule has 0 radical (unpaired) electrons. The van der Waals surface area contributed by atoms with E-state index in [-0.39, 0.29) is 5.60 Å². The molecular formula is C10H12N2O. The standard InChI is InChI=1S/C10H12N2O/c1-8-6-12-9(7-11-8)10(2)4-3-5-13-10/h3,5-7H,4H2,1-2H3. The predicted octanol–water partition coefficient (Wildman–Crippen LogP) is 1.93. The summed E-state index contributed by atoms with van der Waals surface area (Å²) in [6, 6.07) is 0. The summed E-state index contributed by atoms with van der Waals surface area (Å²) in [6.45, 7) is 3.94. The van der Waals surface area contributed by atoms with Crippen molar-refractivity contribution in [3.63, 3.8) is 0 Å². The Bertz CT molecular complexity index is 321. The number of aryl methyl sites for hydroxylation is 1. The van der Waals surface area contributed by atoms with Crippen LogP contribution in [0.15, 0.2) is 24.7 Å². The zero-order valence-corrected chi connectivity index (χ0v) is 7.82. The smallest absolute Gasteiger partial charge is 0.152 e. The molecule has 1 atom stereocenters. The molecule has 0 amide bonds. The summed E-state index contributed by atoms with van der Waals surface area (Å²) in [4.78, 5) is 8.50. The van der Waals surface area contributed by atoms with Gasteiger partial charge in [0.1, 0.15) is 5.69 Å². The molecule has 1 aliphatic heterocycles. The number of aromatic nitrogens is 2. The SMILES string of the molecule is Cc1cnc(C2(C)CC=CO2)cn1. The van der Waals surface area contributed by atoms with Crippen LogP contribution in [-0.4, -0.2) is 9.97 Å². The van der Waals surface area contributed by atoms with Crippen molar-refractivity contribution in [3.05, 3.63) is 36.1 Å². The second-order valence-electron chi connectivity index (χ2n) is 3.47. The molecule has 0 spiro atoms. The molecule has 1 aliphatic rings. The van der Waals surface area contributed by atoms with E-state index in [9.17, 15) is 0 Å². The first-order valence-electron chi connectivity index (χ1n) is 4.33. The Morgan fingerprint density at radius 1 is 1.38 bits per heavy atom. The Hall–Kier alpha value is -1.38. The van der Waals surface area contributed by atoms with Gasteiger partial charge in [0.15, 0.2) is 5.60 Å². The first kappa shape index (κ1) is 8.23. The molecule has 3 nitrogen and oxygen atoms in total. The quantitative estimate of drug-likeness (QED) is 0.655. The number of ether oxygens (including phenoxy) is 1. The molecule has 0 N–H and O–H groups in total. The maximum Gasteiger partial charge on any atom is 0.152 e. The van der Waals surface area contributed by atoms with Crippen LogP contribution in [0.4, 0.5) is 0 Å². The molecule has 1 aromatic rings. The Balaban J connectivity index is 2.30. The lowest BCUT2D eigenvalue weighted by atomic mass is 10.00. The van der Waals surface area contributed by atoms with Gasteiger partial charge in [-0.15, -0.1) is 0 Å². The van der Waals surface area contributed by atoms with Crippen LogP contribution in [0.1, 0.15) is 24.7 Å². The highest BCUT2D eigenvalue weighted by molar-refractivity contribution is 5.14. The molecule has 0 aromatic carbocycles. The third-order valence-corrected chi connectivity index (χ3v) is 2.25. The van der Waals surface area contributed by atoms with Gasteiger partial charge in [-0.05, 0) is 19.9 Å². The molecule has 0 bridgehead atoms. The van der Waals surface area contributed by atoms with Crippen LogP contribution in [0.5, 0.6) is 0 Å². The van der Waals surface area contributed by atoms with E-state index in [2.05, 4.69) is 9.97 Å². The van der Waals surface area contributed by atoms with Crippen LogP contribution in [0.2, 0.25) is 0 Å². The van der Waals surface area contributed by atoms with Crippen molar-refractivity contribution < 1.29 is 4.74 Å². The summed E-state index contributed by atoms with van der Waals surface area (Å²) in [5, 5.41) is 0. The summed E-state index contributed by atoms with van der Waals surface area (Å²) >= 11 is 0. The summed E-state index contributed by atoms with van der Waals surface area (Å²) in [7, 11) is 0. The van der Waals surface area contributed by atoms with Gasteiger partial charge in [0.05, 0.1) is 18.2 Å². The Morgan fingerprint density at radius 2 is 2.23 bits per heavy atom. The Morgan fingerprint density at radius 3 is 2.77 bits per heavy atom. The summed E-state index contributed by atoms with van der Waals surface area (Å²) in [6.07, 6.45) is 8.14. The van der Waals surface area contributed by atoms with Crippen molar-refractivity contribution in [2.45, 2.75) is 25.9 Å². The van der Waals surface area contributed by atoms with Crippen molar-refractivity contribution in [1.82, 2.24) is 9.97 Å². The molecule has 68 valence electrons. The molecule has 0 saturated carbocycles. The average Bonchev–Trinajstić information content (AvgIpc) is 2.54. The second-order valence-corrected chi connectivity index (χ2v) is 3.47. The molecule has 1 aromatic heterocycles. The van der Waals surface area contributed by atoms with Gasteiger partial charge in [-0.25, -0.2) is 0 Å². The van der Waals surface area contributed by atoms with Gasteiger partial charge in [-0.3, -0.25) is 9.97 Å². The highest BCUT2D eigenvalue weighted by atomic mass is 16.5. The van der Waals surface area contributed by atoms with E-state index >= 15 is 0 Å². The molecule has 13 heavy (non-hydrogen) atoms. The fraction of sp³-hybridized carbons (Fsp3) is 0.400. The van der Waals surface area contributed by atoms with E-state index in [1.165, 1.54) is 0 Å². The summed E-state index contributed by atoms with van der Waals surface area (Å²) in [5.41, 5.74) is 1.52. The zero-order chi connectivity index (χ0) is 9.31. The predicted molar refractivity (Wildman–Crippen MR) is 49.0 cm³/mol. The van der Waals surface area contributed by atoms with Gasteiger partial charge in [-0.1, -0.05) is 0 Å². The molecule has 0 aliphatic carbocycles. The van der Waals surface area contributed by atoms with E-state index < -0.39 is 0 Å². The Labute approximate surface area is 77.5 Å². The van der Waals surface area contributed by atoms with Crippen molar-refractivity contribution >= 4 is 0 Å². The molecule has 3 heteroatoms. The summed E-state index contributed by atoms with van der Waals surface area (Å²) < 4.78 is 5.48. The van der Waals surface area contributed by atoms with Gasteiger partial charge in [0, 0.05) is 12.6 Å². The first-order chi connectivity index (χ1) is 6.21. The normalized spacial score (nSPS) is 26.0. The lowest BCUT2D eigenvalue weighted by Crippen LogP contribution is -2.21. The number of hydrogen-bond donors (Lipinski definition) is 0. The maximum atomic E-state index is 5.48. The molecule has 0 saturated heterocycles. The lowest BCUT2D eigenvalue weighted by molar-refractivity contribution is 0.0562. The molecule has 2 rings (SSSR count). The minimum Gasteiger partial charge on any atom is -0.489 e. The number of rotatable bonds is 1. The lowest BCUT2D eigenvalue weighted by Gasteiger charge is -2.22. The third-order valence-electron chi connectivity index (χ3n) is 2.25. The van der Waals surface area contributed by atoms with E-state index in [0.717, 1.165) is 17.8 Å². The fourth-order valence-electron chi connectivity index (χ4n) is 1.35. The van der Waals surface area contributed by atoms with Crippen molar-refractivity contribution in [1.29, 1.82) is 0 Å². The topological polar surface area (TPSA) is 35.0 Å². The van der Waals surface area contributed by atoms with E-state index in [1.807, 2.05) is 19.9 Å². The monoisotopic (exact) mass is 176 g/mol. The van der Waals surface area contributed by atoms with Crippen LogP contribution in [-0.2, 0) is 10.3 Å². The van der Waals surface area contributed by atoms with Crippen molar-refractivity contribution in [3.8, 4) is 0 Å². The minimum atomic E-state index is -0.305. The summed E-state index contributed by atoms with van der Waals surface area (Å²) in [5.74, 6) is 0. The van der Waals surface area contributed by atoms with Gasteiger partial charge in [0.25, 0.3) is 0 Å². The number of nitrogens with zero attached hydrogens (tertiary/aromatic N) is 2. The van der Waals surface area contributed by atoms with Crippen LogP contribution in [0.25, 0.3) is 0 Å². The van der Waals surface area contributed by atoms with Gasteiger partial charge < -0.3 is 4.74 Å². The van der Waals surface area contributed by atoms with Gasteiger partial charge in [-0.2, -0.15) is 0 Å². The molecule has 1 unspecified atom stereocenters.